The molecule has 2 aromatic rings. The first-order valence-corrected chi connectivity index (χ1v) is 13.1. The molecule has 0 aliphatic heterocycles. The molecule has 0 spiro atoms. The summed E-state index contributed by atoms with van der Waals surface area (Å²) in [5.74, 6) is 0.333. The Morgan fingerprint density at radius 2 is 1.93 bits per heavy atom. The molecule has 1 unspecified atom stereocenters. The number of ether oxygens (including phenoxy) is 1. The van der Waals surface area contributed by atoms with Gasteiger partial charge in [-0.25, -0.2) is 4.79 Å². The van der Waals surface area contributed by atoms with Crippen molar-refractivity contribution in [1.29, 1.82) is 0 Å². The predicted octanol–water partition coefficient (Wildman–Crippen LogP) is 4.41. The van der Waals surface area contributed by atoms with E-state index in [-0.39, 0.29) is 6.61 Å². The number of aryl methyl sites for hydroxylation is 2. The number of nitrogens with zero attached hydrogens (tertiary/aromatic N) is 1. The van der Waals surface area contributed by atoms with Gasteiger partial charge in [0.15, 0.2) is 0 Å². The maximum atomic E-state index is 13.6. The summed E-state index contributed by atoms with van der Waals surface area (Å²) in [6, 6.07) is 11.5. The van der Waals surface area contributed by atoms with Crippen molar-refractivity contribution in [3.63, 3.8) is 0 Å². The molecule has 1 N–H and O–H groups in total. The molecule has 0 heterocycles. The third-order valence-electron chi connectivity index (χ3n) is 4.48. The molecule has 9 heteroatoms. The Labute approximate surface area is 192 Å². The molecule has 0 bridgehead atoms. The second-order valence-corrected chi connectivity index (χ2v) is 11.3. The molecule has 0 saturated carbocycles. The quantitative estimate of drug-likeness (QED) is 0.357. The fourth-order valence-corrected chi connectivity index (χ4v) is 6.59. The van der Waals surface area contributed by atoms with Gasteiger partial charge in [0.25, 0.3) is 0 Å². The Balaban J connectivity index is 2.06. The molecule has 0 aromatic heterocycles. The van der Waals surface area contributed by atoms with Crippen LogP contribution in [0.5, 0.6) is 5.75 Å². The number of carbonyl (C=O) groups is 1. The molecule has 0 fully saturated rings. The SMILES string of the molecule is B=S(=O)(c1ccc(Br)cc1C)N(CCC)CCSc1ccc(OCC(=O)O)c(C)c1. The van der Waals surface area contributed by atoms with Crippen LogP contribution in [0, 0.1) is 13.8 Å². The van der Waals surface area contributed by atoms with E-state index in [1.54, 1.807) is 17.8 Å². The number of halogens is 1. The van der Waals surface area contributed by atoms with Gasteiger partial charge >= 0.3 is 183 Å². The van der Waals surface area contributed by atoms with Crippen molar-refractivity contribution in [1.82, 2.24) is 4.31 Å². The predicted molar refractivity (Wildman–Crippen MR) is 129 cm³/mol. The number of aliphatic carboxylic acids is 1. The van der Waals surface area contributed by atoms with Gasteiger partial charge in [-0.15, -0.1) is 0 Å². The van der Waals surface area contributed by atoms with Crippen LogP contribution in [0.2, 0.25) is 0 Å². The zero-order chi connectivity index (χ0) is 22.3. The van der Waals surface area contributed by atoms with Crippen molar-refractivity contribution in [3.8, 4) is 5.75 Å². The van der Waals surface area contributed by atoms with E-state index in [2.05, 4.69) is 29.6 Å². The number of carboxylic acid groups (broad SMARTS) is 1. The van der Waals surface area contributed by atoms with Crippen molar-refractivity contribution in [2.75, 3.05) is 25.4 Å². The summed E-state index contributed by atoms with van der Waals surface area (Å²) in [7, 11) is -2.57. The summed E-state index contributed by atoms with van der Waals surface area (Å²) < 4.78 is 21.8. The molecule has 162 valence electrons. The van der Waals surface area contributed by atoms with Gasteiger partial charge in [-0.3, -0.25) is 0 Å². The average molecular weight is 512 g/mol. The normalized spacial score (nSPS) is 13.2. The molecule has 0 aliphatic carbocycles. The van der Waals surface area contributed by atoms with Crippen molar-refractivity contribution in [2.24, 2.45) is 0 Å². The molecule has 0 amide bonds. The van der Waals surface area contributed by atoms with Crippen LogP contribution in [0.4, 0.5) is 0 Å². The van der Waals surface area contributed by atoms with Crippen molar-refractivity contribution >= 4 is 49.9 Å². The Kier molecular flexibility index (Phi) is 9.46. The van der Waals surface area contributed by atoms with Gasteiger partial charge in [0.2, 0.25) is 0 Å². The van der Waals surface area contributed by atoms with Crippen LogP contribution in [0.25, 0.3) is 0 Å². The third-order valence-corrected chi connectivity index (χ3v) is 8.29. The summed E-state index contributed by atoms with van der Waals surface area (Å²) in [5, 5.41) is 8.75. The Morgan fingerprint density at radius 1 is 1.20 bits per heavy atom. The number of benzene rings is 2. The van der Waals surface area contributed by atoms with Gasteiger partial charge in [0.05, 0.1) is 0 Å². The van der Waals surface area contributed by atoms with Crippen LogP contribution in [-0.4, -0.2) is 51.8 Å². The zero-order valence-electron chi connectivity index (χ0n) is 17.5. The first kappa shape index (κ1) is 25.0. The van der Waals surface area contributed by atoms with Crippen molar-refractivity contribution < 1.29 is 18.8 Å². The van der Waals surface area contributed by atoms with E-state index < -0.39 is 15.5 Å². The summed E-state index contributed by atoms with van der Waals surface area (Å²) in [4.78, 5) is 12.5. The zero-order valence-corrected chi connectivity index (χ0v) is 20.7. The number of rotatable bonds is 11. The van der Waals surface area contributed by atoms with Crippen LogP contribution >= 0.6 is 27.7 Å². The number of thioether (sulfide) groups is 1. The minimum absolute atomic E-state index is 0.355. The first-order chi connectivity index (χ1) is 14.1. The monoisotopic (exact) mass is 511 g/mol. The Morgan fingerprint density at radius 3 is 2.53 bits per heavy atom. The Hall–Kier alpha value is -1.29. The van der Waals surface area contributed by atoms with Gasteiger partial charge in [-0.1, -0.05) is 0 Å². The number of hydrogen-bond acceptors (Lipinski definition) is 4. The first-order valence-electron chi connectivity index (χ1n) is 9.61. The fourth-order valence-electron chi connectivity index (χ4n) is 3.04. The van der Waals surface area contributed by atoms with Crippen LogP contribution in [0.1, 0.15) is 24.5 Å². The average Bonchev–Trinajstić information content (AvgIpc) is 2.66. The van der Waals surface area contributed by atoms with E-state index in [0.29, 0.717) is 18.8 Å². The molecule has 30 heavy (non-hydrogen) atoms. The Bertz CT molecular complexity index is 998. The summed E-state index contributed by atoms with van der Waals surface area (Å²) in [6.45, 7) is 11.0. The second kappa shape index (κ2) is 11.4. The van der Waals surface area contributed by atoms with Crippen LogP contribution in [0.3, 0.4) is 0 Å². The molecule has 0 aliphatic rings. The molecular formula is C21H27BBrNO4S2. The maximum absolute atomic E-state index is 13.6. The van der Waals surface area contributed by atoms with Gasteiger partial charge < -0.3 is 5.11 Å². The molecule has 5 nitrogen and oxygen atoms in total. The van der Waals surface area contributed by atoms with E-state index in [4.69, 9.17) is 9.84 Å². The molecule has 0 saturated heterocycles. The van der Waals surface area contributed by atoms with Gasteiger partial charge in [-0.2, -0.15) is 0 Å². The standard InChI is InChI=1S/C21H27BBrNO4S2/c1-4-9-24(30(22,27)20-8-5-17(23)12-16(20)3)10-11-29-18-6-7-19(15(2)13-18)28-14-21(25)26/h5-8,12-13,22H,4,9-11,14H2,1-3H3,(H,25,26). The van der Waals surface area contributed by atoms with E-state index >= 15 is 0 Å². The van der Waals surface area contributed by atoms with Crippen molar-refractivity contribution in [2.45, 2.75) is 37.0 Å². The molecule has 2 aromatic carbocycles. The molecular weight excluding hydrogens is 485 g/mol. The third kappa shape index (κ3) is 6.87. The fraction of sp³-hybridized carbons (Fsp3) is 0.381. The summed E-state index contributed by atoms with van der Waals surface area (Å²) in [6.07, 6.45) is 0.890. The molecule has 0 radical (unpaired) electrons. The van der Waals surface area contributed by atoms with Gasteiger partial charge in [0, 0.05) is 0 Å². The molecule has 1 atom stereocenters. The number of hydrogen-bond donors (Lipinski definition) is 1. The van der Waals surface area contributed by atoms with E-state index in [1.165, 1.54) is 0 Å². The number of carboxylic acids is 1. The minimum atomic E-state index is -2.57. The van der Waals surface area contributed by atoms with Gasteiger partial charge in [-0.05, 0) is 0 Å². The molecule has 2 rings (SSSR count). The van der Waals surface area contributed by atoms with Crippen LogP contribution < -0.4 is 4.74 Å². The second-order valence-electron chi connectivity index (χ2n) is 6.94. The van der Waals surface area contributed by atoms with Crippen molar-refractivity contribution in [3.05, 3.63) is 52.0 Å². The van der Waals surface area contributed by atoms with Crippen LogP contribution in [0.15, 0.2) is 50.7 Å². The van der Waals surface area contributed by atoms with Crippen LogP contribution in [-0.2, 0) is 14.3 Å². The van der Waals surface area contributed by atoms with E-state index in [1.807, 2.05) is 48.5 Å². The summed E-state index contributed by atoms with van der Waals surface area (Å²) in [5.41, 5.74) is 1.85. The van der Waals surface area contributed by atoms with E-state index in [0.717, 1.165) is 37.6 Å². The summed E-state index contributed by atoms with van der Waals surface area (Å²) >= 11 is 5.12. The van der Waals surface area contributed by atoms with Gasteiger partial charge in [0.1, 0.15) is 0 Å². The van der Waals surface area contributed by atoms with E-state index in [9.17, 15) is 9.00 Å². The topological polar surface area (TPSA) is 66.8 Å².